The second kappa shape index (κ2) is 3.57. The predicted octanol–water partition coefficient (Wildman–Crippen LogP) is 0.996. The van der Waals surface area contributed by atoms with Crippen LogP contribution in [0.2, 0.25) is 0 Å². The summed E-state index contributed by atoms with van der Waals surface area (Å²) in [6.07, 6.45) is 2.50. The molecule has 1 N–H and O–H groups in total. The van der Waals surface area contributed by atoms with Gasteiger partial charge in [-0.3, -0.25) is 0 Å². The third-order valence-electron chi connectivity index (χ3n) is 2.98. The number of aromatic nitrogens is 2. The van der Waals surface area contributed by atoms with Crippen molar-refractivity contribution >= 4 is 0 Å². The molecule has 15 heavy (non-hydrogen) atoms. The van der Waals surface area contributed by atoms with Crippen LogP contribution in [-0.4, -0.2) is 29.4 Å². The van der Waals surface area contributed by atoms with E-state index in [9.17, 15) is 0 Å². The number of rotatable bonds is 2. The maximum absolute atomic E-state index is 5.54. The summed E-state index contributed by atoms with van der Waals surface area (Å²) in [4.78, 5) is 4.43. The Morgan fingerprint density at radius 3 is 3.00 bits per heavy atom. The van der Waals surface area contributed by atoms with Gasteiger partial charge in [0.2, 0.25) is 5.89 Å². The van der Waals surface area contributed by atoms with Crippen LogP contribution in [0.5, 0.6) is 0 Å². The van der Waals surface area contributed by atoms with Crippen LogP contribution in [-0.2, 0) is 4.74 Å². The van der Waals surface area contributed by atoms with Crippen molar-refractivity contribution in [2.75, 3.05) is 13.2 Å². The number of ether oxygens (including phenoxy) is 1. The Balaban J connectivity index is 1.78. The summed E-state index contributed by atoms with van der Waals surface area (Å²) in [5.41, 5.74) is 0. The molecule has 5 nitrogen and oxygen atoms in total. The molecule has 1 aromatic heterocycles. The van der Waals surface area contributed by atoms with Crippen LogP contribution in [0.1, 0.15) is 43.4 Å². The average Bonchev–Trinajstić information content (AvgIpc) is 2.99. The minimum atomic E-state index is 0.0544. The van der Waals surface area contributed by atoms with Gasteiger partial charge in [0, 0.05) is 12.5 Å². The van der Waals surface area contributed by atoms with Crippen molar-refractivity contribution in [3.05, 3.63) is 11.7 Å². The number of hydrogen-bond donors (Lipinski definition) is 1. The first-order chi connectivity index (χ1) is 7.34. The monoisotopic (exact) mass is 209 g/mol. The Bertz CT molecular complexity index is 348. The minimum Gasteiger partial charge on any atom is -0.375 e. The lowest BCUT2D eigenvalue weighted by molar-refractivity contribution is -0.00136. The zero-order valence-corrected chi connectivity index (χ0v) is 8.77. The van der Waals surface area contributed by atoms with Gasteiger partial charge in [-0.2, -0.15) is 4.98 Å². The Labute approximate surface area is 88.2 Å². The number of nitrogens with zero attached hydrogens (tertiary/aromatic N) is 2. The normalized spacial score (nSPS) is 31.8. The van der Waals surface area contributed by atoms with E-state index in [1.165, 1.54) is 12.8 Å². The maximum atomic E-state index is 5.54. The van der Waals surface area contributed by atoms with E-state index in [0.717, 1.165) is 19.0 Å². The molecule has 1 saturated carbocycles. The van der Waals surface area contributed by atoms with Crippen LogP contribution in [0.4, 0.5) is 0 Å². The Kier molecular flexibility index (Phi) is 2.21. The van der Waals surface area contributed by atoms with Crippen LogP contribution in [0, 0.1) is 0 Å². The fourth-order valence-electron chi connectivity index (χ4n) is 1.89. The second-order valence-corrected chi connectivity index (χ2v) is 4.27. The van der Waals surface area contributed by atoms with Gasteiger partial charge in [-0.15, -0.1) is 0 Å². The molecule has 82 valence electrons. The summed E-state index contributed by atoms with van der Waals surface area (Å²) in [5.74, 6) is 2.08. The van der Waals surface area contributed by atoms with Gasteiger partial charge in [-0.25, -0.2) is 0 Å². The quantitative estimate of drug-likeness (QED) is 0.787. The molecular weight excluding hydrogens is 194 g/mol. The van der Waals surface area contributed by atoms with Crippen molar-refractivity contribution in [2.45, 2.75) is 37.8 Å². The van der Waals surface area contributed by atoms with Crippen molar-refractivity contribution in [1.82, 2.24) is 15.5 Å². The number of morpholine rings is 1. The lowest BCUT2D eigenvalue weighted by Gasteiger charge is -2.27. The van der Waals surface area contributed by atoms with E-state index < -0.39 is 0 Å². The number of nitrogens with one attached hydrogen (secondary N) is 1. The summed E-state index contributed by atoms with van der Waals surface area (Å²) in [6, 6.07) is 0.0544. The zero-order valence-electron chi connectivity index (χ0n) is 8.77. The SMILES string of the molecule is C[C@@H]1OCCN[C@H]1c1nc(C2CC2)no1. The largest absolute Gasteiger partial charge is 0.375 e. The maximum Gasteiger partial charge on any atom is 0.246 e. The van der Waals surface area contributed by atoms with Crippen molar-refractivity contribution in [3.63, 3.8) is 0 Å². The first-order valence-corrected chi connectivity index (χ1v) is 5.53. The van der Waals surface area contributed by atoms with Gasteiger partial charge in [0.05, 0.1) is 12.7 Å². The molecule has 2 fully saturated rings. The van der Waals surface area contributed by atoms with Gasteiger partial charge in [0.15, 0.2) is 5.82 Å². The molecule has 2 heterocycles. The fourth-order valence-corrected chi connectivity index (χ4v) is 1.89. The van der Waals surface area contributed by atoms with E-state index in [2.05, 4.69) is 15.5 Å². The van der Waals surface area contributed by atoms with E-state index in [4.69, 9.17) is 9.26 Å². The van der Waals surface area contributed by atoms with Gasteiger partial charge >= 0.3 is 0 Å². The molecule has 0 radical (unpaired) electrons. The highest BCUT2D eigenvalue weighted by Gasteiger charge is 2.32. The summed E-state index contributed by atoms with van der Waals surface area (Å²) in [7, 11) is 0. The van der Waals surface area contributed by atoms with Crippen LogP contribution in [0.3, 0.4) is 0 Å². The standard InChI is InChI=1S/C10H15N3O2/c1-6-8(11-4-5-14-6)10-12-9(13-15-10)7-2-3-7/h6-8,11H,2-5H2,1H3/t6-,8+/m0/s1. The Morgan fingerprint density at radius 2 is 2.27 bits per heavy atom. The average molecular weight is 209 g/mol. The Morgan fingerprint density at radius 1 is 1.40 bits per heavy atom. The molecule has 0 bridgehead atoms. The summed E-state index contributed by atoms with van der Waals surface area (Å²) >= 11 is 0. The third kappa shape index (κ3) is 1.77. The molecule has 1 aromatic rings. The van der Waals surface area contributed by atoms with Gasteiger partial charge < -0.3 is 14.6 Å². The molecule has 0 unspecified atom stereocenters. The molecule has 2 aliphatic rings. The van der Waals surface area contributed by atoms with Crippen molar-refractivity contribution < 1.29 is 9.26 Å². The highest BCUT2D eigenvalue weighted by atomic mass is 16.5. The van der Waals surface area contributed by atoms with Crippen molar-refractivity contribution in [2.24, 2.45) is 0 Å². The first-order valence-electron chi connectivity index (χ1n) is 5.53. The van der Waals surface area contributed by atoms with E-state index in [0.29, 0.717) is 11.8 Å². The minimum absolute atomic E-state index is 0.0544. The van der Waals surface area contributed by atoms with Crippen LogP contribution in [0.15, 0.2) is 4.52 Å². The van der Waals surface area contributed by atoms with Gasteiger partial charge in [0.25, 0.3) is 0 Å². The lowest BCUT2D eigenvalue weighted by Crippen LogP contribution is -2.40. The predicted molar refractivity (Wildman–Crippen MR) is 52.4 cm³/mol. The summed E-state index contributed by atoms with van der Waals surface area (Å²) in [5, 5.41) is 7.34. The lowest BCUT2D eigenvalue weighted by atomic mass is 10.1. The summed E-state index contributed by atoms with van der Waals surface area (Å²) < 4.78 is 10.8. The molecule has 2 atom stereocenters. The molecule has 1 aliphatic carbocycles. The molecule has 1 aliphatic heterocycles. The van der Waals surface area contributed by atoms with Crippen molar-refractivity contribution in [1.29, 1.82) is 0 Å². The number of hydrogen-bond acceptors (Lipinski definition) is 5. The van der Waals surface area contributed by atoms with E-state index in [1.54, 1.807) is 0 Å². The highest BCUT2D eigenvalue weighted by molar-refractivity contribution is 5.06. The second-order valence-electron chi connectivity index (χ2n) is 4.27. The molecule has 5 heteroatoms. The van der Waals surface area contributed by atoms with Crippen LogP contribution >= 0.6 is 0 Å². The molecule has 0 aromatic carbocycles. The smallest absolute Gasteiger partial charge is 0.246 e. The fraction of sp³-hybridized carbons (Fsp3) is 0.800. The van der Waals surface area contributed by atoms with E-state index >= 15 is 0 Å². The highest BCUT2D eigenvalue weighted by Crippen LogP contribution is 2.38. The van der Waals surface area contributed by atoms with Gasteiger partial charge in [-0.1, -0.05) is 5.16 Å². The van der Waals surface area contributed by atoms with Crippen molar-refractivity contribution in [3.8, 4) is 0 Å². The topological polar surface area (TPSA) is 60.2 Å². The van der Waals surface area contributed by atoms with E-state index in [-0.39, 0.29) is 12.1 Å². The first kappa shape index (κ1) is 9.30. The Hall–Kier alpha value is -0.940. The van der Waals surface area contributed by atoms with E-state index in [1.807, 2.05) is 6.92 Å². The molecule has 0 amide bonds. The molecule has 0 spiro atoms. The summed E-state index contributed by atoms with van der Waals surface area (Å²) in [6.45, 7) is 3.62. The molecular formula is C10H15N3O2. The third-order valence-corrected chi connectivity index (χ3v) is 2.98. The zero-order chi connectivity index (χ0) is 10.3. The van der Waals surface area contributed by atoms with Gasteiger partial charge in [-0.05, 0) is 19.8 Å². The molecule has 3 rings (SSSR count). The van der Waals surface area contributed by atoms with Gasteiger partial charge in [0.1, 0.15) is 6.04 Å². The van der Waals surface area contributed by atoms with Crippen LogP contribution in [0.25, 0.3) is 0 Å². The van der Waals surface area contributed by atoms with Crippen LogP contribution < -0.4 is 5.32 Å². The molecule has 1 saturated heterocycles.